The third-order valence-corrected chi connectivity index (χ3v) is 3.98. The van der Waals surface area contributed by atoms with Crippen molar-refractivity contribution in [2.45, 2.75) is 0 Å². The number of nitro groups is 1. The number of rotatable bonds is 3. The SMILES string of the molecule is O=C(c1cccc([N+](=O)[O-])c1O)N1CCN(c2ccccn2)CC1. The molecule has 8 nitrogen and oxygen atoms in total. The highest BCUT2D eigenvalue weighted by atomic mass is 16.6. The zero-order valence-electron chi connectivity index (χ0n) is 12.8. The Morgan fingerprint density at radius 2 is 1.88 bits per heavy atom. The Balaban J connectivity index is 1.72. The fraction of sp³-hybridized carbons (Fsp3) is 0.250. The van der Waals surface area contributed by atoms with Crippen LogP contribution in [0, 0.1) is 10.1 Å². The number of amides is 1. The topological polar surface area (TPSA) is 99.8 Å². The van der Waals surface area contributed by atoms with Gasteiger partial charge in [0.05, 0.1) is 10.5 Å². The Bertz CT molecular complexity index is 758. The summed E-state index contributed by atoms with van der Waals surface area (Å²) < 4.78 is 0. The first-order valence-corrected chi connectivity index (χ1v) is 7.49. The quantitative estimate of drug-likeness (QED) is 0.679. The van der Waals surface area contributed by atoms with E-state index >= 15 is 0 Å². The fourth-order valence-electron chi connectivity index (χ4n) is 2.70. The standard InChI is InChI=1S/C16H16N4O4/c21-15-12(4-3-5-13(15)20(23)24)16(22)19-10-8-18(9-11-19)14-6-1-2-7-17-14/h1-7,21H,8-11H2. The van der Waals surface area contributed by atoms with Crippen molar-refractivity contribution in [3.63, 3.8) is 0 Å². The summed E-state index contributed by atoms with van der Waals surface area (Å²) in [4.78, 5) is 30.7. The third-order valence-electron chi connectivity index (χ3n) is 3.98. The molecule has 24 heavy (non-hydrogen) atoms. The molecule has 0 atom stereocenters. The average Bonchev–Trinajstić information content (AvgIpc) is 2.62. The highest BCUT2D eigenvalue weighted by Gasteiger charge is 2.27. The van der Waals surface area contributed by atoms with E-state index in [-0.39, 0.29) is 5.56 Å². The van der Waals surface area contributed by atoms with E-state index in [0.29, 0.717) is 26.2 Å². The van der Waals surface area contributed by atoms with Gasteiger partial charge in [0, 0.05) is 38.4 Å². The minimum atomic E-state index is -0.703. The summed E-state index contributed by atoms with van der Waals surface area (Å²) in [6, 6.07) is 9.62. The lowest BCUT2D eigenvalue weighted by molar-refractivity contribution is -0.385. The van der Waals surface area contributed by atoms with Crippen LogP contribution in [0.5, 0.6) is 5.75 Å². The number of carbonyl (C=O) groups excluding carboxylic acids is 1. The van der Waals surface area contributed by atoms with Gasteiger partial charge in [0.1, 0.15) is 5.82 Å². The van der Waals surface area contributed by atoms with Crippen molar-refractivity contribution in [3.8, 4) is 5.75 Å². The lowest BCUT2D eigenvalue weighted by Gasteiger charge is -2.35. The maximum atomic E-state index is 12.5. The number of pyridine rings is 1. The summed E-state index contributed by atoms with van der Waals surface area (Å²) in [6.07, 6.45) is 1.72. The number of hydrogen-bond acceptors (Lipinski definition) is 6. The zero-order valence-corrected chi connectivity index (χ0v) is 12.8. The molecule has 1 aliphatic rings. The van der Waals surface area contributed by atoms with Crippen LogP contribution in [0.4, 0.5) is 11.5 Å². The van der Waals surface area contributed by atoms with Crippen LogP contribution in [0.3, 0.4) is 0 Å². The van der Waals surface area contributed by atoms with Gasteiger partial charge in [0.2, 0.25) is 5.75 Å². The van der Waals surface area contributed by atoms with Gasteiger partial charge in [0.15, 0.2) is 0 Å². The number of aromatic nitrogens is 1. The largest absolute Gasteiger partial charge is 0.502 e. The van der Waals surface area contributed by atoms with Crippen LogP contribution in [0.1, 0.15) is 10.4 Å². The molecule has 0 bridgehead atoms. The Morgan fingerprint density at radius 3 is 2.50 bits per heavy atom. The number of nitrogens with zero attached hydrogens (tertiary/aromatic N) is 4. The number of hydrogen-bond donors (Lipinski definition) is 1. The maximum absolute atomic E-state index is 12.5. The van der Waals surface area contributed by atoms with Crippen molar-refractivity contribution in [2.75, 3.05) is 31.1 Å². The second-order valence-electron chi connectivity index (χ2n) is 5.40. The van der Waals surface area contributed by atoms with Gasteiger partial charge in [-0.2, -0.15) is 0 Å². The normalized spacial score (nSPS) is 14.5. The predicted octanol–water partition coefficient (Wildman–Crippen LogP) is 1.66. The van der Waals surface area contributed by atoms with Crippen LogP contribution >= 0.6 is 0 Å². The van der Waals surface area contributed by atoms with E-state index in [9.17, 15) is 20.0 Å². The molecule has 0 radical (unpaired) electrons. The highest BCUT2D eigenvalue weighted by Crippen LogP contribution is 2.30. The van der Waals surface area contributed by atoms with Crippen molar-refractivity contribution >= 4 is 17.4 Å². The van der Waals surface area contributed by atoms with Crippen LogP contribution in [-0.4, -0.2) is 52.0 Å². The molecule has 1 saturated heterocycles. The number of piperazine rings is 1. The number of para-hydroxylation sites is 1. The van der Waals surface area contributed by atoms with E-state index < -0.39 is 22.3 Å². The lowest BCUT2D eigenvalue weighted by Crippen LogP contribution is -2.49. The number of aromatic hydroxyl groups is 1. The molecule has 0 unspecified atom stereocenters. The summed E-state index contributed by atoms with van der Waals surface area (Å²) in [5.41, 5.74) is -0.511. The molecule has 0 aliphatic carbocycles. The second-order valence-corrected chi connectivity index (χ2v) is 5.40. The van der Waals surface area contributed by atoms with Crippen LogP contribution in [0.2, 0.25) is 0 Å². The second kappa shape index (κ2) is 6.53. The molecule has 2 aromatic rings. The molecule has 1 amide bonds. The van der Waals surface area contributed by atoms with Gasteiger partial charge in [-0.05, 0) is 18.2 Å². The van der Waals surface area contributed by atoms with E-state index in [1.165, 1.54) is 18.2 Å². The van der Waals surface area contributed by atoms with Crippen LogP contribution in [-0.2, 0) is 0 Å². The van der Waals surface area contributed by atoms with Crippen LogP contribution in [0.25, 0.3) is 0 Å². The van der Waals surface area contributed by atoms with Crippen molar-refractivity contribution < 1.29 is 14.8 Å². The molecule has 2 heterocycles. The summed E-state index contributed by atoms with van der Waals surface area (Å²) in [7, 11) is 0. The Labute approximate surface area is 138 Å². The molecule has 8 heteroatoms. The number of nitro benzene ring substituents is 1. The van der Waals surface area contributed by atoms with E-state index in [4.69, 9.17) is 0 Å². The number of phenolic OH excluding ortho intramolecular Hbond substituents is 1. The number of phenols is 1. The first-order valence-electron chi connectivity index (χ1n) is 7.49. The first-order chi connectivity index (χ1) is 11.6. The van der Waals surface area contributed by atoms with Gasteiger partial charge in [-0.25, -0.2) is 4.98 Å². The smallest absolute Gasteiger partial charge is 0.311 e. The Hall–Kier alpha value is -3.16. The molecule has 0 spiro atoms. The van der Waals surface area contributed by atoms with Crippen molar-refractivity contribution in [3.05, 3.63) is 58.3 Å². The Kier molecular flexibility index (Phi) is 4.28. The molecule has 1 aromatic heterocycles. The van der Waals surface area contributed by atoms with Gasteiger partial charge in [-0.1, -0.05) is 12.1 Å². The molecular formula is C16H16N4O4. The van der Waals surface area contributed by atoms with Gasteiger partial charge in [-0.15, -0.1) is 0 Å². The maximum Gasteiger partial charge on any atom is 0.311 e. The predicted molar refractivity (Wildman–Crippen MR) is 87.1 cm³/mol. The van der Waals surface area contributed by atoms with Crippen molar-refractivity contribution in [2.24, 2.45) is 0 Å². The molecule has 1 aromatic carbocycles. The molecule has 124 valence electrons. The van der Waals surface area contributed by atoms with Crippen molar-refractivity contribution in [1.82, 2.24) is 9.88 Å². The summed E-state index contributed by atoms with van der Waals surface area (Å²) >= 11 is 0. The lowest BCUT2D eigenvalue weighted by atomic mass is 10.1. The van der Waals surface area contributed by atoms with E-state index in [1.54, 1.807) is 11.1 Å². The molecule has 3 rings (SSSR count). The molecular weight excluding hydrogens is 312 g/mol. The van der Waals surface area contributed by atoms with Gasteiger partial charge in [-0.3, -0.25) is 14.9 Å². The summed E-state index contributed by atoms with van der Waals surface area (Å²) in [5, 5.41) is 20.9. The van der Waals surface area contributed by atoms with E-state index in [1.807, 2.05) is 18.2 Å². The number of anilines is 1. The minimum absolute atomic E-state index is 0.0458. The molecule has 1 fully saturated rings. The van der Waals surface area contributed by atoms with Gasteiger partial charge >= 0.3 is 5.69 Å². The van der Waals surface area contributed by atoms with Gasteiger partial charge in [0.25, 0.3) is 5.91 Å². The number of benzene rings is 1. The fourth-order valence-corrected chi connectivity index (χ4v) is 2.70. The molecule has 1 N–H and O–H groups in total. The monoisotopic (exact) mass is 328 g/mol. The zero-order chi connectivity index (χ0) is 17.1. The Morgan fingerprint density at radius 1 is 1.12 bits per heavy atom. The third kappa shape index (κ3) is 2.98. The van der Waals surface area contributed by atoms with E-state index in [2.05, 4.69) is 9.88 Å². The number of carbonyl (C=O) groups is 1. The van der Waals surface area contributed by atoms with E-state index in [0.717, 1.165) is 5.82 Å². The van der Waals surface area contributed by atoms with Gasteiger partial charge < -0.3 is 14.9 Å². The van der Waals surface area contributed by atoms with Crippen LogP contribution < -0.4 is 4.90 Å². The molecule has 0 saturated carbocycles. The summed E-state index contributed by atoms with van der Waals surface area (Å²) in [5.74, 6) is -0.140. The van der Waals surface area contributed by atoms with Crippen molar-refractivity contribution in [1.29, 1.82) is 0 Å². The highest BCUT2D eigenvalue weighted by molar-refractivity contribution is 5.98. The molecule has 1 aliphatic heterocycles. The average molecular weight is 328 g/mol. The first kappa shape index (κ1) is 15.7. The summed E-state index contributed by atoms with van der Waals surface area (Å²) in [6.45, 7) is 2.13. The minimum Gasteiger partial charge on any atom is -0.502 e. The van der Waals surface area contributed by atoms with Crippen LogP contribution in [0.15, 0.2) is 42.6 Å².